The van der Waals surface area contributed by atoms with E-state index in [0.29, 0.717) is 23.8 Å². The molecule has 0 spiro atoms. The summed E-state index contributed by atoms with van der Waals surface area (Å²) in [6, 6.07) is 6.90. The highest BCUT2D eigenvalue weighted by molar-refractivity contribution is 7.80. The summed E-state index contributed by atoms with van der Waals surface area (Å²) in [6.07, 6.45) is 0. The Morgan fingerprint density at radius 2 is 1.73 bits per heavy atom. The monoisotopic (exact) mass is 314 g/mol. The SMILES string of the molecule is CC#CCN(CC#CC)C(=S)Nc1ccc(C(=O)OC)cc1. The molecule has 0 bridgehead atoms. The summed E-state index contributed by atoms with van der Waals surface area (Å²) in [5.74, 6) is 11.3. The highest BCUT2D eigenvalue weighted by atomic mass is 32.1. The Balaban J connectivity index is 2.76. The van der Waals surface area contributed by atoms with E-state index in [4.69, 9.17) is 12.2 Å². The number of ether oxygens (including phenoxy) is 1. The zero-order chi connectivity index (χ0) is 16.4. The van der Waals surface area contributed by atoms with Gasteiger partial charge in [0.25, 0.3) is 0 Å². The molecule has 0 aliphatic heterocycles. The van der Waals surface area contributed by atoms with Crippen molar-refractivity contribution in [3.63, 3.8) is 0 Å². The normalized spacial score (nSPS) is 8.68. The zero-order valence-corrected chi connectivity index (χ0v) is 13.7. The molecule has 1 rings (SSSR count). The summed E-state index contributed by atoms with van der Waals surface area (Å²) in [5.41, 5.74) is 1.28. The van der Waals surface area contributed by atoms with Crippen molar-refractivity contribution in [2.45, 2.75) is 13.8 Å². The zero-order valence-electron chi connectivity index (χ0n) is 12.9. The Bertz CT molecular complexity index is 623. The molecule has 1 aromatic carbocycles. The average Bonchev–Trinajstić information content (AvgIpc) is 2.54. The van der Waals surface area contributed by atoms with Crippen LogP contribution in [0.1, 0.15) is 24.2 Å². The van der Waals surface area contributed by atoms with E-state index in [1.807, 2.05) is 4.90 Å². The first-order valence-electron chi connectivity index (χ1n) is 6.66. The second kappa shape index (κ2) is 9.44. The smallest absolute Gasteiger partial charge is 0.337 e. The Hall–Kier alpha value is -2.50. The largest absolute Gasteiger partial charge is 0.465 e. The number of thiocarbonyl (C=S) groups is 1. The van der Waals surface area contributed by atoms with Crippen LogP contribution < -0.4 is 5.32 Å². The molecule has 4 nitrogen and oxygen atoms in total. The summed E-state index contributed by atoms with van der Waals surface area (Å²) in [4.78, 5) is 13.3. The molecule has 0 atom stereocenters. The van der Waals surface area contributed by atoms with E-state index >= 15 is 0 Å². The van der Waals surface area contributed by atoms with Crippen molar-refractivity contribution in [1.82, 2.24) is 4.90 Å². The van der Waals surface area contributed by atoms with Crippen LogP contribution in [-0.2, 0) is 4.74 Å². The predicted molar refractivity (Wildman–Crippen MR) is 92.5 cm³/mol. The lowest BCUT2D eigenvalue weighted by Crippen LogP contribution is -2.35. The highest BCUT2D eigenvalue weighted by Crippen LogP contribution is 2.11. The van der Waals surface area contributed by atoms with Crippen molar-refractivity contribution >= 4 is 29.0 Å². The predicted octanol–water partition coefficient (Wildman–Crippen LogP) is 2.52. The first-order chi connectivity index (χ1) is 10.6. The number of nitrogens with one attached hydrogen (secondary N) is 1. The molecule has 0 radical (unpaired) electrons. The highest BCUT2D eigenvalue weighted by Gasteiger charge is 2.08. The van der Waals surface area contributed by atoms with Crippen LogP contribution in [0.25, 0.3) is 0 Å². The fourth-order valence-corrected chi connectivity index (χ4v) is 1.81. The first kappa shape index (κ1) is 17.6. The van der Waals surface area contributed by atoms with E-state index < -0.39 is 0 Å². The van der Waals surface area contributed by atoms with Gasteiger partial charge in [0.1, 0.15) is 0 Å². The van der Waals surface area contributed by atoms with Gasteiger partial charge in [-0.15, -0.1) is 11.8 Å². The van der Waals surface area contributed by atoms with Gasteiger partial charge in [0, 0.05) is 5.69 Å². The average molecular weight is 314 g/mol. The number of anilines is 1. The Morgan fingerprint density at radius 1 is 1.18 bits per heavy atom. The molecular formula is C17H18N2O2S. The standard InChI is InChI=1S/C17H18N2O2S/c1-4-6-12-19(13-7-5-2)17(22)18-15-10-8-14(9-11-15)16(20)21-3/h8-11H,12-13H2,1-3H3,(H,18,22). The topological polar surface area (TPSA) is 41.6 Å². The molecule has 22 heavy (non-hydrogen) atoms. The summed E-state index contributed by atoms with van der Waals surface area (Å²) in [6.45, 7) is 4.59. The van der Waals surface area contributed by atoms with E-state index in [-0.39, 0.29) is 5.97 Å². The van der Waals surface area contributed by atoms with Crippen molar-refractivity contribution in [2.75, 3.05) is 25.5 Å². The second-order valence-electron chi connectivity index (χ2n) is 4.21. The maximum atomic E-state index is 11.4. The molecule has 1 aromatic rings. The maximum Gasteiger partial charge on any atom is 0.337 e. The summed E-state index contributed by atoms with van der Waals surface area (Å²) in [5, 5.41) is 3.65. The van der Waals surface area contributed by atoms with Gasteiger partial charge in [0.15, 0.2) is 5.11 Å². The van der Waals surface area contributed by atoms with Crippen LogP contribution in [0.3, 0.4) is 0 Å². The molecule has 0 aromatic heterocycles. The van der Waals surface area contributed by atoms with Gasteiger partial charge in [-0.05, 0) is 50.3 Å². The van der Waals surface area contributed by atoms with E-state index in [1.165, 1.54) is 7.11 Å². The Kier molecular flexibility index (Phi) is 7.53. The lowest BCUT2D eigenvalue weighted by Gasteiger charge is -2.21. The van der Waals surface area contributed by atoms with Gasteiger partial charge in [-0.25, -0.2) is 4.79 Å². The van der Waals surface area contributed by atoms with Crippen LogP contribution in [-0.4, -0.2) is 36.2 Å². The molecule has 0 saturated carbocycles. The number of hydrogen-bond acceptors (Lipinski definition) is 3. The summed E-state index contributed by atoms with van der Waals surface area (Å²) < 4.78 is 4.66. The Morgan fingerprint density at radius 3 is 2.18 bits per heavy atom. The number of carbonyl (C=O) groups excluding carboxylic acids is 1. The van der Waals surface area contributed by atoms with E-state index in [2.05, 4.69) is 33.7 Å². The first-order valence-corrected chi connectivity index (χ1v) is 7.06. The molecule has 0 heterocycles. The molecule has 0 aliphatic carbocycles. The fourth-order valence-electron chi connectivity index (χ4n) is 1.56. The molecule has 1 N–H and O–H groups in total. The van der Waals surface area contributed by atoms with Gasteiger partial charge in [-0.3, -0.25) is 0 Å². The third kappa shape index (κ3) is 5.47. The van der Waals surface area contributed by atoms with Crippen molar-refractivity contribution < 1.29 is 9.53 Å². The number of methoxy groups -OCH3 is 1. The van der Waals surface area contributed by atoms with Gasteiger partial charge < -0.3 is 15.0 Å². The van der Waals surface area contributed by atoms with E-state index in [9.17, 15) is 4.79 Å². The molecule has 0 amide bonds. The van der Waals surface area contributed by atoms with E-state index in [1.54, 1.807) is 38.1 Å². The van der Waals surface area contributed by atoms with Crippen molar-refractivity contribution in [3.8, 4) is 23.7 Å². The van der Waals surface area contributed by atoms with E-state index in [0.717, 1.165) is 5.69 Å². The molecule has 0 saturated heterocycles. The maximum absolute atomic E-state index is 11.4. The summed E-state index contributed by atoms with van der Waals surface area (Å²) in [7, 11) is 1.35. The third-order valence-electron chi connectivity index (χ3n) is 2.74. The van der Waals surface area contributed by atoms with Crippen molar-refractivity contribution in [3.05, 3.63) is 29.8 Å². The quantitative estimate of drug-likeness (QED) is 0.525. The Labute approximate surface area is 136 Å². The van der Waals surface area contributed by atoms with Crippen LogP contribution in [0.15, 0.2) is 24.3 Å². The molecule has 0 aliphatic rings. The fraction of sp³-hybridized carbons (Fsp3) is 0.294. The minimum Gasteiger partial charge on any atom is -0.465 e. The number of benzene rings is 1. The van der Waals surface area contributed by atoms with Crippen LogP contribution >= 0.6 is 12.2 Å². The lowest BCUT2D eigenvalue weighted by molar-refractivity contribution is 0.0601. The number of nitrogens with zero attached hydrogens (tertiary/aromatic N) is 1. The molecular weight excluding hydrogens is 296 g/mol. The second-order valence-corrected chi connectivity index (χ2v) is 4.60. The van der Waals surface area contributed by atoms with Gasteiger partial charge >= 0.3 is 5.97 Å². The van der Waals surface area contributed by atoms with Gasteiger partial charge in [0.05, 0.1) is 25.8 Å². The molecule has 114 valence electrons. The van der Waals surface area contributed by atoms with Gasteiger partial charge in [0.2, 0.25) is 0 Å². The van der Waals surface area contributed by atoms with Gasteiger partial charge in [-0.2, -0.15) is 0 Å². The number of hydrogen-bond donors (Lipinski definition) is 1. The number of rotatable bonds is 4. The lowest BCUT2D eigenvalue weighted by atomic mass is 10.2. The molecule has 5 heteroatoms. The van der Waals surface area contributed by atoms with Crippen LogP contribution in [0.4, 0.5) is 5.69 Å². The van der Waals surface area contributed by atoms with Crippen LogP contribution in [0, 0.1) is 23.7 Å². The van der Waals surface area contributed by atoms with Crippen molar-refractivity contribution in [2.24, 2.45) is 0 Å². The summed E-state index contributed by atoms with van der Waals surface area (Å²) >= 11 is 5.38. The van der Waals surface area contributed by atoms with Crippen molar-refractivity contribution in [1.29, 1.82) is 0 Å². The third-order valence-corrected chi connectivity index (χ3v) is 3.10. The number of esters is 1. The minimum absolute atomic E-state index is 0.368. The minimum atomic E-state index is -0.368. The molecule has 0 fully saturated rings. The van der Waals surface area contributed by atoms with Crippen LogP contribution in [0.5, 0.6) is 0 Å². The molecule has 0 unspecified atom stereocenters. The van der Waals surface area contributed by atoms with Gasteiger partial charge in [-0.1, -0.05) is 11.8 Å². The van der Waals surface area contributed by atoms with Crippen LogP contribution in [0.2, 0.25) is 0 Å². The number of carbonyl (C=O) groups is 1.